The fourth-order valence-electron chi connectivity index (χ4n) is 2.46. The van der Waals surface area contributed by atoms with Gasteiger partial charge in [0.05, 0.1) is 17.6 Å². The molecule has 3 rings (SSSR count). The van der Waals surface area contributed by atoms with E-state index < -0.39 is 24.0 Å². The summed E-state index contributed by atoms with van der Waals surface area (Å²) in [5, 5.41) is 7.12. The summed E-state index contributed by atoms with van der Waals surface area (Å²) in [4.78, 5) is 41.1. The van der Waals surface area contributed by atoms with E-state index in [1.54, 1.807) is 11.1 Å². The third-order valence-electron chi connectivity index (χ3n) is 3.69. The molecular formula is C15H15F3N4O4. The fraction of sp³-hybridized carbons (Fsp3) is 0.333. The normalized spacial score (nSPS) is 17.1. The maximum absolute atomic E-state index is 12.0. The molecule has 0 spiro atoms. The zero-order valence-electron chi connectivity index (χ0n) is 13.3. The minimum Gasteiger partial charge on any atom is -0.475 e. The SMILES string of the molecule is NC(=O)[C@@H]1CCN(Cc2cc3ncccc3[nH]2)C1=O.O=C(O)C(F)(F)F. The van der Waals surface area contributed by atoms with Crippen LogP contribution in [0.25, 0.3) is 11.0 Å². The van der Waals surface area contributed by atoms with Crippen molar-refractivity contribution >= 4 is 28.8 Å². The van der Waals surface area contributed by atoms with Crippen molar-refractivity contribution in [3.63, 3.8) is 0 Å². The molecule has 140 valence electrons. The van der Waals surface area contributed by atoms with Crippen LogP contribution in [0.15, 0.2) is 24.4 Å². The maximum Gasteiger partial charge on any atom is 0.490 e. The molecule has 1 saturated heterocycles. The first kappa shape index (κ1) is 19.2. The summed E-state index contributed by atoms with van der Waals surface area (Å²) in [7, 11) is 0. The number of amides is 2. The van der Waals surface area contributed by atoms with E-state index in [0.717, 1.165) is 16.7 Å². The predicted molar refractivity (Wildman–Crippen MR) is 82.5 cm³/mol. The summed E-state index contributed by atoms with van der Waals surface area (Å²) in [6.45, 7) is 1.02. The summed E-state index contributed by atoms with van der Waals surface area (Å²) >= 11 is 0. The highest BCUT2D eigenvalue weighted by Crippen LogP contribution is 2.21. The number of likely N-dealkylation sites (tertiary alicyclic amines) is 1. The lowest BCUT2D eigenvalue weighted by Gasteiger charge is -2.14. The molecule has 0 unspecified atom stereocenters. The van der Waals surface area contributed by atoms with Gasteiger partial charge < -0.3 is 20.7 Å². The Morgan fingerprint density at radius 2 is 2.08 bits per heavy atom. The third-order valence-corrected chi connectivity index (χ3v) is 3.69. The quantitative estimate of drug-likeness (QED) is 0.693. The number of halogens is 3. The van der Waals surface area contributed by atoms with Gasteiger partial charge in [-0.25, -0.2) is 4.79 Å². The van der Waals surface area contributed by atoms with E-state index in [-0.39, 0.29) is 5.91 Å². The average Bonchev–Trinajstić information content (AvgIpc) is 3.11. The smallest absolute Gasteiger partial charge is 0.475 e. The molecule has 2 aromatic rings. The average molecular weight is 372 g/mol. The first-order valence-electron chi connectivity index (χ1n) is 7.40. The van der Waals surface area contributed by atoms with Gasteiger partial charge in [-0.3, -0.25) is 14.6 Å². The lowest BCUT2D eigenvalue weighted by molar-refractivity contribution is -0.192. The standard InChI is InChI=1S/C13H14N4O2.C2HF3O2/c14-12(18)9-3-5-17(13(9)19)7-8-6-11-10(16-8)2-1-4-15-11;3-2(4,5)1(6)7/h1-2,4,6,9,16H,3,5,7H2,(H2,14,18);(H,6,7)/t9-;/m0./s1. The number of alkyl halides is 3. The van der Waals surface area contributed by atoms with Gasteiger partial charge in [0.2, 0.25) is 11.8 Å². The highest BCUT2D eigenvalue weighted by atomic mass is 19.4. The van der Waals surface area contributed by atoms with Crippen molar-refractivity contribution in [3.05, 3.63) is 30.1 Å². The summed E-state index contributed by atoms with van der Waals surface area (Å²) in [5.74, 6) is -4.14. The van der Waals surface area contributed by atoms with Gasteiger partial charge >= 0.3 is 12.1 Å². The van der Waals surface area contributed by atoms with E-state index in [4.69, 9.17) is 15.6 Å². The Kier molecular flexibility index (Phi) is 5.48. The van der Waals surface area contributed by atoms with E-state index in [1.807, 2.05) is 18.2 Å². The topological polar surface area (TPSA) is 129 Å². The van der Waals surface area contributed by atoms with Gasteiger partial charge in [-0.15, -0.1) is 0 Å². The number of nitrogens with one attached hydrogen (secondary N) is 1. The summed E-state index contributed by atoms with van der Waals surface area (Å²) in [6, 6.07) is 5.71. The number of hydrogen-bond acceptors (Lipinski definition) is 4. The van der Waals surface area contributed by atoms with Crippen LogP contribution in [0.1, 0.15) is 12.1 Å². The van der Waals surface area contributed by atoms with Crippen LogP contribution in [0.5, 0.6) is 0 Å². The zero-order valence-corrected chi connectivity index (χ0v) is 13.3. The number of hydrogen-bond donors (Lipinski definition) is 3. The number of rotatable bonds is 3. The van der Waals surface area contributed by atoms with Crippen LogP contribution >= 0.6 is 0 Å². The van der Waals surface area contributed by atoms with Crippen LogP contribution in [0, 0.1) is 5.92 Å². The largest absolute Gasteiger partial charge is 0.490 e. The van der Waals surface area contributed by atoms with E-state index in [9.17, 15) is 22.8 Å². The maximum atomic E-state index is 12.0. The second kappa shape index (κ2) is 7.42. The second-order valence-corrected chi connectivity index (χ2v) is 5.54. The summed E-state index contributed by atoms with van der Waals surface area (Å²) < 4.78 is 31.7. The number of nitrogens with zero attached hydrogens (tertiary/aromatic N) is 2. The van der Waals surface area contributed by atoms with Gasteiger partial charge in [0.1, 0.15) is 5.92 Å². The van der Waals surface area contributed by atoms with Crippen molar-refractivity contribution in [2.24, 2.45) is 11.7 Å². The molecule has 2 amide bonds. The van der Waals surface area contributed by atoms with Crippen LogP contribution in [0.3, 0.4) is 0 Å². The lowest BCUT2D eigenvalue weighted by atomic mass is 10.1. The lowest BCUT2D eigenvalue weighted by Crippen LogP contribution is -2.33. The number of pyridine rings is 1. The highest BCUT2D eigenvalue weighted by molar-refractivity contribution is 6.00. The molecule has 0 radical (unpaired) electrons. The molecule has 11 heteroatoms. The van der Waals surface area contributed by atoms with Gasteiger partial charge in [0.25, 0.3) is 0 Å². The number of primary amides is 1. The fourth-order valence-corrected chi connectivity index (χ4v) is 2.46. The Balaban J connectivity index is 0.000000298. The van der Waals surface area contributed by atoms with E-state index in [1.165, 1.54) is 0 Å². The van der Waals surface area contributed by atoms with Crippen molar-refractivity contribution in [1.29, 1.82) is 0 Å². The van der Waals surface area contributed by atoms with E-state index in [2.05, 4.69) is 9.97 Å². The minimum absolute atomic E-state index is 0.181. The number of aromatic amines is 1. The number of aliphatic carboxylic acids is 1. The zero-order chi connectivity index (χ0) is 19.5. The number of aromatic nitrogens is 2. The number of H-pyrrole nitrogens is 1. The van der Waals surface area contributed by atoms with Gasteiger partial charge in [0.15, 0.2) is 0 Å². The van der Waals surface area contributed by atoms with E-state index in [0.29, 0.717) is 19.5 Å². The van der Waals surface area contributed by atoms with Crippen LogP contribution < -0.4 is 5.73 Å². The minimum atomic E-state index is -5.08. The highest BCUT2D eigenvalue weighted by Gasteiger charge is 2.38. The van der Waals surface area contributed by atoms with Gasteiger partial charge in [0, 0.05) is 18.4 Å². The molecule has 2 aromatic heterocycles. The Hall–Kier alpha value is -3.11. The first-order chi connectivity index (χ1) is 12.1. The third kappa shape index (κ3) is 4.49. The molecule has 0 aliphatic carbocycles. The molecule has 4 N–H and O–H groups in total. The van der Waals surface area contributed by atoms with Crippen LogP contribution in [0.4, 0.5) is 13.2 Å². The van der Waals surface area contributed by atoms with Crippen molar-refractivity contribution in [2.45, 2.75) is 19.1 Å². The number of carboxylic acids is 1. The molecule has 0 bridgehead atoms. The summed E-state index contributed by atoms with van der Waals surface area (Å²) in [6.07, 6.45) is -2.85. The first-order valence-corrected chi connectivity index (χ1v) is 7.40. The number of nitrogens with two attached hydrogens (primary N) is 1. The van der Waals surface area contributed by atoms with E-state index >= 15 is 0 Å². The molecule has 1 fully saturated rings. The number of fused-ring (bicyclic) bond motifs is 1. The number of carbonyl (C=O) groups is 3. The molecule has 1 aliphatic heterocycles. The molecule has 0 aromatic carbocycles. The summed E-state index contributed by atoms with van der Waals surface area (Å²) in [5.41, 5.74) is 7.92. The second-order valence-electron chi connectivity index (χ2n) is 5.54. The number of carboxylic acid groups (broad SMARTS) is 1. The molecule has 1 atom stereocenters. The van der Waals surface area contributed by atoms with Crippen molar-refractivity contribution in [3.8, 4) is 0 Å². The number of carbonyl (C=O) groups excluding carboxylic acids is 2. The van der Waals surface area contributed by atoms with Crippen molar-refractivity contribution < 1.29 is 32.7 Å². The van der Waals surface area contributed by atoms with Crippen LogP contribution in [-0.2, 0) is 20.9 Å². The van der Waals surface area contributed by atoms with Gasteiger partial charge in [-0.2, -0.15) is 13.2 Å². The van der Waals surface area contributed by atoms with Crippen molar-refractivity contribution in [2.75, 3.05) is 6.54 Å². The monoisotopic (exact) mass is 372 g/mol. The Morgan fingerprint density at radius 3 is 2.58 bits per heavy atom. The molecule has 8 nitrogen and oxygen atoms in total. The van der Waals surface area contributed by atoms with Crippen LogP contribution in [0.2, 0.25) is 0 Å². The van der Waals surface area contributed by atoms with Gasteiger partial charge in [-0.05, 0) is 24.6 Å². The molecular weight excluding hydrogens is 357 g/mol. The van der Waals surface area contributed by atoms with Gasteiger partial charge in [-0.1, -0.05) is 0 Å². The molecule has 3 heterocycles. The Morgan fingerprint density at radius 1 is 1.42 bits per heavy atom. The Labute approximate surface area is 144 Å². The molecule has 1 aliphatic rings. The Bertz CT molecular complexity index is 801. The predicted octanol–water partition coefficient (Wildman–Crippen LogP) is 1.03. The van der Waals surface area contributed by atoms with Crippen LogP contribution in [-0.4, -0.2) is 50.5 Å². The molecule has 26 heavy (non-hydrogen) atoms. The molecule has 0 saturated carbocycles. The van der Waals surface area contributed by atoms with Crippen molar-refractivity contribution in [1.82, 2.24) is 14.9 Å².